The molecule has 2 N–H and O–H groups in total. The summed E-state index contributed by atoms with van der Waals surface area (Å²) >= 11 is 0. The van der Waals surface area contributed by atoms with Crippen LogP contribution in [0.5, 0.6) is 5.88 Å². The van der Waals surface area contributed by atoms with Gasteiger partial charge in [-0.2, -0.15) is 4.98 Å². The lowest BCUT2D eigenvalue weighted by atomic mass is 10.1. The second-order valence-electron chi connectivity index (χ2n) is 4.23. The van der Waals surface area contributed by atoms with Crippen LogP contribution >= 0.6 is 0 Å². The van der Waals surface area contributed by atoms with E-state index in [-0.39, 0.29) is 23.5 Å². The summed E-state index contributed by atoms with van der Waals surface area (Å²) in [6.45, 7) is 1.62. The van der Waals surface area contributed by atoms with Crippen LogP contribution in [0.2, 0.25) is 0 Å². The summed E-state index contributed by atoms with van der Waals surface area (Å²) in [6.07, 6.45) is 0.0918. The van der Waals surface area contributed by atoms with Crippen molar-refractivity contribution in [2.24, 2.45) is 0 Å². The lowest BCUT2D eigenvalue weighted by molar-refractivity contribution is 0.0506. The van der Waals surface area contributed by atoms with Crippen LogP contribution in [-0.4, -0.2) is 32.6 Å². The van der Waals surface area contributed by atoms with Gasteiger partial charge in [0, 0.05) is 6.42 Å². The van der Waals surface area contributed by atoms with E-state index in [2.05, 4.69) is 9.72 Å². The Bertz CT molecular complexity index is 709. The number of ether oxygens (including phenoxy) is 1. The maximum Gasteiger partial charge on any atom is 0.362 e. The molecular weight excluding hydrogens is 276 g/mol. The Balaban J connectivity index is 2.43. The van der Waals surface area contributed by atoms with E-state index in [0.29, 0.717) is 0 Å². The first-order valence-corrected chi connectivity index (χ1v) is 6.29. The molecule has 0 radical (unpaired) electrons. The Hall–Kier alpha value is -2.83. The van der Waals surface area contributed by atoms with Gasteiger partial charge in [0.15, 0.2) is 0 Å². The van der Waals surface area contributed by atoms with Gasteiger partial charge in [0.2, 0.25) is 11.6 Å². The van der Waals surface area contributed by atoms with Crippen molar-refractivity contribution >= 4 is 5.97 Å². The van der Waals surface area contributed by atoms with Gasteiger partial charge in [-0.1, -0.05) is 30.3 Å². The molecule has 1 aromatic carbocycles. The zero-order valence-corrected chi connectivity index (χ0v) is 11.3. The van der Waals surface area contributed by atoms with E-state index in [4.69, 9.17) is 0 Å². The molecule has 0 fully saturated rings. The molecule has 0 atom stereocenters. The average Bonchev–Trinajstić information content (AvgIpc) is 2.48. The highest BCUT2D eigenvalue weighted by molar-refractivity contribution is 5.86. The summed E-state index contributed by atoms with van der Waals surface area (Å²) in [4.78, 5) is 26.9. The maximum atomic E-state index is 11.9. The molecule has 1 heterocycles. The van der Waals surface area contributed by atoms with Crippen molar-refractivity contribution in [2.75, 3.05) is 6.61 Å². The third-order valence-electron chi connectivity index (χ3n) is 2.81. The number of hydrogen-bond donors (Lipinski definition) is 2. The van der Waals surface area contributed by atoms with Gasteiger partial charge < -0.3 is 15.1 Å². The first kappa shape index (κ1) is 14.6. The van der Waals surface area contributed by atoms with Crippen molar-refractivity contribution in [3.8, 4) is 5.88 Å². The van der Waals surface area contributed by atoms with Crippen molar-refractivity contribution in [3.63, 3.8) is 0 Å². The van der Waals surface area contributed by atoms with E-state index < -0.39 is 23.1 Å². The van der Waals surface area contributed by atoms with Crippen molar-refractivity contribution < 1.29 is 19.8 Å². The fourth-order valence-electron chi connectivity index (χ4n) is 1.81. The molecule has 0 bridgehead atoms. The minimum absolute atomic E-state index is 0.0535. The van der Waals surface area contributed by atoms with Gasteiger partial charge in [-0.3, -0.25) is 4.79 Å². The third kappa shape index (κ3) is 3.02. The number of carbonyl (C=O) groups is 1. The summed E-state index contributed by atoms with van der Waals surface area (Å²) in [6, 6.07) is 8.92. The Morgan fingerprint density at radius 1 is 1.33 bits per heavy atom. The van der Waals surface area contributed by atoms with E-state index in [1.165, 1.54) is 0 Å². The molecule has 110 valence electrons. The number of carbonyl (C=O) groups excluding carboxylic acids is 1. The highest BCUT2D eigenvalue weighted by atomic mass is 16.5. The van der Waals surface area contributed by atoms with Gasteiger partial charge in [-0.25, -0.2) is 4.79 Å². The normalized spacial score (nSPS) is 10.3. The highest BCUT2D eigenvalue weighted by Crippen LogP contribution is 2.16. The summed E-state index contributed by atoms with van der Waals surface area (Å²) in [5.74, 6) is -1.59. The van der Waals surface area contributed by atoms with Crippen molar-refractivity contribution in [2.45, 2.75) is 13.3 Å². The number of esters is 1. The molecule has 1 aromatic heterocycles. The minimum Gasteiger partial charge on any atom is -0.492 e. The molecule has 0 aliphatic carbocycles. The molecule has 7 nitrogen and oxygen atoms in total. The fourth-order valence-corrected chi connectivity index (χ4v) is 1.81. The maximum absolute atomic E-state index is 11.9. The third-order valence-corrected chi connectivity index (χ3v) is 2.81. The smallest absolute Gasteiger partial charge is 0.362 e. The Morgan fingerprint density at radius 2 is 2.00 bits per heavy atom. The summed E-state index contributed by atoms with van der Waals surface area (Å²) in [5.41, 5.74) is -1.02. The standard InChI is InChI=1S/C14H14N2O5/c1-2-21-14(19)11-13(18)16(20)10(12(17)15-11)8-9-6-4-3-5-7-9/h3-7,17,20H,2,8H2,1H3. The molecule has 7 heteroatoms. The number of benzene rings is 1. The summed E-state index contributed by atoms with van der Waals surface area (Å²) in [5, 5.41) is 19.7. The summed E-state index contributed by atoms with van der Waals surface area (Å²) < 4.78 is 4.86. The van der Waals surface area contributed by atoms with Crippen LogP contribution < -0.4 is 5.56 Å². The zero-order valence-electron chi connectivity index (χ0n) is 11.3. The number of nitrogens with zero attached hydrogens (tertiary/aromatic N) is 2. The lowest BCUT2D eigenvalue weighted by Gasteiger charge is -2.10. The van der Waals surface area contributed by atoms with Crippen LogP contribution in [-0.2, 0) is 11.2 Å². The summed E-state index contributed by atoms with van der Waals surface area (Å²) in [7, 11) is 0. The van der Waals surface area contributed by atoms with Crippen LogP contribution in [0.4, 0.5) is 0 Å². The molecule has 2 aromatic rings. The van der Waals surface area contributed by atoms with Crippen LogP contribution in [0, 0.1) is 0 Å². The highest BCUT2D eigenvalue weighted by Gasteiger charge is 2.22. The second-order valence-corrected chi connectivity index (χ2v) is 4.23. The molecule has 0 amide bonds. The monoisotopic (exact) mass is 290 g/mol. The zero-order chi connectivity index (χ0) is 15.4. The van der Waals surface area contributed by atoms with Crippen molar-refractivity contribution in [3.05, 3.63) is 57.6 Å². The topological polar surface area (TPSA) is 102 Å². The quantitative estimate of drug-likeness (QED) is 0.642. The van der Waals surface area contributed by atoms with E-state index >= 15 is 0 Å². The van der Waals surface area contributed by atoms with Gasteiger partial charge in [0.05, 0.1) is 6.61 Å². The van der Waals surface area contributed by atoms with Gasteiger partial charge in [-0.05, 0) is 12.5 Å². The van der Waals surface area contributed by atoms with E-state index in [1.807, 2.05) is 6.07 Å². The number of hydrogen-bond acceptors (Lipinski definition) is 6. The second kappa shape index (κ2) is 6.08. The lowest BCUT2D eigenvalue weighted by Crippen LogP contribution is -2.30. The minimum atomic E-state index is -1.03. The van der Waals surface area contributed by atoms with Crippen LogP contribution in [0.1, 0.15) is 28.7 Å². The average molecular weight is 290 g/mol. The first-order chi connectivity index (χ1) is 10.0. The molecule has 0 spiro atoms. The molecule has 2 rings (SSSR count). The van der Waals surface area contributed by atoms with Gasteiger partial charge in [0.25, 0.3) is 0 Å². The van der Waals surface area contributed by atoms with Gasteiger partial charge in [-0.15, -0.1) is 4.73 Å². The molecule has 0 aliphatic heterocycles. The van der Waals surface area contributed by atoms with E-state index in [1.54, 1.807) is 31.2 Å². The van der Waals surface area contributed by atoms with Crippen LogP contribution in [0.25, 0.3) is 0 Å². The predicted octanol–water partition coefficient (Wildman–Crippen LogP) is 0.954. The fraction of sp³-hybridized carbons (Fsp3) is 0.214. The first-order valence-electron chi connectivity index (χ1n) is 6.29. The van der Waals surface area contributed by atoms with Gasteiger partial charge in [0.1, 0.15) is 5.69 Å². The molecule has 0 aliphatic rings. The Labute approximate surface area is 120 Å². The molecule has 0 saturated heterocycles. The number of rotatable bonds is 4. The molecule has 0 unspecified atom stereocenters. The molecule has 0 saturated carbocycles. The number of aromatic hydroxyl groups is 1. The SMILES string of the molecule is CCOC(=O)c1nc(O)c(Cc2ccccc2)n(O)c1=O. The van der Waals surface area contributed by atoms with E-state index in [0.717, 1.165) is 5.56 Å². The van der Waals surface area contributed by atoms with Crippen molar-refractivity contribution in [1.29, 1.82) is 0 Å². The predicted molar refractivity (Wildman–Crippen MR) is 72.6 cm³/mol. The molecular formula is C14H14N2O5. The van der Waals surface area contributed by atoms with Gasteiger partial charge >= 0.3 is 11.5 Å². The largest absolute Gasteiger partial charge is 0.492 e. The Kier molecular flexibility index (Phi) is 4.22. The number of aromatic nitrogens is 2. The van der Waals surface area contributed by atoms with Crippen LogP contribution in [0.3, 0.4) is 0 Å². The van der Waals surface area contributed by atoms with E-state index in [9.17, 15) is 19.9 Å². The van der Waals surface area contributed by atoms with Crippen molar-refractivity contribution in [1.82, 2.24) is 9.71 Å². The van der Waals surface area contributed by atoms with Crippen LogP contribution in [0.15, 0.2) is 35.1 Å². The Morgan fingerprint density at radius 3 is 2.62 bits per heavy atom. The molecule has 21 heavy (non-hydrogen) atoms.